The third kappa shape index (κ3) is 9.05. The minimum absolute atomic E-state index is 0.0864. The van der Waals surface area contributed by atoms with Crippen LogP contribution in [0.25, 0.3) is 0 Å². The third-order valence-electron chi connectivity index (χ3n) is 6.70. The van der Waals surface area contributed by atoms with Crippen LogP contribution in [0.5, 0.6) is 0 Å². The largest absolute Gasteiger partial charge is 0.461 e. The fourth-order valence-electron chi connectivity index (χ4n) is 4.88. The van der Waals surface area contributed by atoms with Gasteiger partial charge in [0.15, 0.2) is 6.10 Å². The summed E-state index contributed by atoms with van der Waals surface area (Å²) in [6.07, 6.45) is 13.2. The smallest absolute Gasteiger partial charge is 0.308 e. The molecule has 2 aliphatic carbocycles. The molecule has 0 saturated heterocycles. The molecule has 2 atom stereocenters. The maximum absolute atomic E-state index is 12.3. The lowest BCUT2D eigenvalue weighted by Crippen LogP contribution is -2.31. The molecule has 2 rings (SSSR count). The molecule has 0 N–H and O–H groups in total. The third-order valence-corrected chi connectivity index (χ3v) is 6.70. The minimum atomic E-state index is -0.765. The highest BCUT2D eigenvalue weighted by molar-refractivity contribution is 5.72. The van der Waals surface area contributed by atoms with E-state index in [-0.39, 0.29) is 37.0 Å². The first-order chi connectivity index (χ1) is 14.5. The van der Waals surface area contributed by atoms with E-state index in [4.69, 9.17) is 14.2 Å². The summed E-state index contributed by atoms with van der Waals surface area (Å²) in [6.45, 7) is 3.91. The highest BCUT2D eigenvalue weighted by Crippen LogP contribution is 2.30. The molecule has 30 heavy (non-hydrogen) atoms. The Morgan fingerprint density at radius 3 is 1.53 bits per heavy atom. The van der Waals surface area contributed by atoms with Crippen molar-refractivity contribution < 1.29 is 28.6 Å². The number of carbonyl (C=O) groups is 3. The number of hydrogen-bond donors (Lipinski definition) is 0. The predicted octanol–water partition coefficient (Wildman–Crippen LogP) is 4.83. The van der Waals surface area contributed by atoms with Gasteiger partial charge in [0.1, 0.15) is 13.2 Å². The lowest BCUT2D eigenvalue weighted by atomic mass is 9.83. The normalized spacial score (nSPS) is 21.3. The lowest BCUT2D eigenvalue weighted by Gasteiger charge is -2.25. The minimum Gasteiger partial charge on any atom is -0.461 e. The van der Waals surface area contributed by atoms with Crippen molar-refractivity contribution in [2.45, 2.75) is 97.0 Å². The van der Waals surface area contributed by atoms with Crippen LogP contribution in [-0.4, -0.2) is 37.7 Å². The van der Waals surface area contributed by atoms with E-state index in [0.717, 1.165) is 12.8 Å². The van der Waals surface area contributed by atoms with Gasteiger partial charge in [-0.2, -0.15) is 0 Å². The summed E-state index contributed by atoms with van der Waals surface area (Å²) in [6, 6.07) is 0. The zero-order valence-electron chi connectivity index (χ0n) is 18.8. The van der Waals surface area contributed by atoms with Crippen molar-refractivity contribution in [2.24, 2.45) is 23.7 Å². The number of rotatable bonds is 12. The molecule has 0 spiro atoms. The average molecular weight is 425 g/mol. The molecule has 0 aliphatic heterocycles. The van der Waals surface area contributed by atoms with Crippen molar-refractivity contribution in [3.63, 3.8) is 0 Å². The molecule has 0 radical (unpaired) electrons. The topological polar surface area (TPSA) is 78.9 Å². The highest BCUT2D eigenvalue weighted by atomic mass is 16.6. The van der Waals surface area contributed by atoms with Gasteiger partial charge in [-0.25, -0.2) is 0 Å². The molecular weight excluding hydrogens is 384 g/mol. The van der Waals surface area contributed by atoms with Crippen molar-refractivity contribution in [3.05, 3.63) is 0 Å². The van der Waals surface area contributed by atoms with E-state index >= 15 is 0 Å². The van der Waals surface area contributed by atoms with E-state index in [2.05, 4.69) is 0 Å². The average Bonchev–Trinajstić information content (AvgIpc) is 2.76. The van der Waals surface area contributed by atoms with Crippen LogP contribution in [0.2, 0.25) is 0 Å². The van der Waals surface area contributed by atoms with Gasteiger partial charge in [-0.15, -0.1) is 0 Å². The Labute approximate surface area is 181 Å². The Hall–Kier alpha value is -1.59. The van der Waals surface area contributed by atoms with Gasteiger partial charge in [0.05, 0.1) is 11.8 Å². The van der Waals surface area contributed by atoms with E-state index in [1.54, 1.807) is 0 Å². The quantitative estimate of drug-likeness (QED) is 0.254. The van der Waals surface area contributed by atoms with Crippen LogP contribution in [0.15, 0.2) is 0 Å². The number of hydrogen-bond acceptors (Lipinski definition) is 6. The van der Waals surface area contributed by atoms with Crippen LogP contribution in [0.1, 0.15) is 90.9 Å². The van der Waals surface area contributed by atoms with E-state index in [9.17, 15) is 14.4 Å². The molecular formula is C24H40O6. The van der Waals surface area contributed by atoms with E-state index in [1.807, 2.05) is 13.8 Å². The SMILES string of the molecule is CC(CC1CCCCC1)C(=O)OCC(COC(=O)C(C)CC1CCCCC1)OC=O. The van der Waals surface area contributed by atoms with E-state index in [0.29, 0.717) is 18.3 Å². The van der Waals surface area contributed by atoms with Crippen molar-refractivity contribution in [3.8, 4) is 0 Å². The summed E-state index contributed by atoms with van der Waals surface area (Å²) in [5.41, 5.74) is 0. The van der Waals surface area contributed by atoms with Crippen LogP contribution in [0.4, 0.5) is 0 Å². The molecule has 0 aromatic rings. The summed E-state index contributed by atoms with van der Waals surface area (Å²) in [5, 5.41) is 0. The van der Waals surface area contributed by atoms with Crippen molar-refractivity contribution in [1.82, 2.24) is 0 Å². The van der Waals surface area contributed by atoms with Gasteiger partial charge in [-0.05, 0) is 24.7 Å². The Morgan fingerprint density at radius 1 is 0.767 bits per heavy atom. The standard InChI is InChI=1S/C24H40O6/c1-18(13-20-9-5-3-6-10-20)23(26)28-15-22(30-17-25)16-29-24(27)19(2)14-21-11-7-4-8-12-21/h17-22H,3-16H2,1-2H3. The van der Waals surface area contributed by atoms with Crippen molar-refractivity contribution in [2.75, 3.05) is 13.2 Å². The van der Waals surface area contributed by atoms with Gasteiger partial charge in [0.2, 0.25) is 0 Å². The zero-order valence-corrected chi connectivity index (χ0v) is 18.8. The second-order valence-electron chi connectivity index (χ2n) is 9.40. The van der Waals surface area contributed by atoms with E-state index in [1.165, 1.54) is 64.2 Å². The molecule has 6 heteroatoms. The Bertz CT molecular complexity index is 480. The predicted molar refractivity (Wildman–Crippen MR) is 114 cm³/mol. The second-order valence-corrected chi connectivity index (χ2v) is 9.40. The first-order valence-corrected chi connectivity index (χ1v) is 11.9. The molecule has 0 aromatic heterocycles. The molecule has 0 bridgehead atoms. The summed E-state index contributed by atoms with van der Waals surface area (Å²) < 4.78 is 15.7. The Balaban J connectivity index is 1.68. The number of carbonyl (C=O) groups excluding carboxylic acids is 3. The first kappa shape index (κ1) is 24.7. The molecule has 2 aliphatic rings. The van der Waals surface area contributed by atoms with Crippen LogP contribution in [0.3, 0.4) is 0 Å². The lowest BCUT2D eigenvalue weighted by molar-refractivity contribution is -0.163. The maximum atomic E-state index is 12.3. The van der Waals surface area contributed by atoms with Gasteiger partial charge in [0.25, 0.3) is 6.47 Å². The fraction of sp³-hybridized carbons (Fsp3) is 0.875. The zero-order chi connectivity index (χ0) is 21.8. The van der Waals surface area contributed by atoms with Gasteiger partial charge in [0, 0.05) is 0 Å². The molecule has 0 amide bonds. The summed E-state index contributed by atoms with van der Waals surface area (Å²) in [5.74, 6) is 0.269. The second kappa shape index (κ2) is 13.7. The van der Waals surface area contributed by atoms with Crippen LogP contribution < -0.4 is 0 Å². The molecule has 2 saturated carbocycles. The Kier molecular flexibility index (Phi) is 11.2. The molecule has 6 nitrogen and oxygen atoms in total. The van der Waals surface area contributed by atoms with Gasteiger partial charge >= 0.3 is 11.9 Å². The first-order valence-electron chi connectivity index (χ1n) is 11.9. The number of esters is 2. The van der Waals surface area contributed by atoms with Crippen LogP contribution in [-0.2, 0) is 28.6 Å². The van der Waals surface area contributed by atoms with Crippen molar-refractivity contribution >= 4 is 18.4 Å². The van der Waals surface area contributed by atoms with Crippen molar-refractivity contribution in [1.29, 1.82) is 0 Å². The number of ether oxygens (including phenoxy) is 3. The molecule has 2 unspecified atom stereocenters. The summed E-state index contributed by atoms with van der Waals surface area (Å²) >= 11 is 0. The van der Waals surface area contributed by atoms with Crippen LogP contribution in [0, 0.1) is 23.7 Å². The van der Waals surface area contributed by atoms with Crippen LogP contribution >= 0.6 is 0 Å². The highest BCUT2D eigenvalue weighted by Gasteiger charge is 2.25. The molecule has 172 valence electrons. The fourth-order valence-corrected chi connectivity index (χ4v) is 4.88. The van der Waals surface area contributed by atoms with Gasteiger partial charge < -0.3 is 14.2 Å². The molecule has 0 aromatic carbocycles. The molecule has 0 heterocycles. The van der Waals surface area contributed by atoms with E-state index < -0.39 is 6.10 Å². The summed E-state index contributed by atoms with van der Waals surface area (Å²) in [4.78, 5) is 35.4. The monoisotopic (exact) mass is 424 g/mol. The van der Waals surface area contributed by atoms with Gasteiger partial charge in [-0.3, -0.25) is 14.4 Å². The summed E-state index contributed by atoms with van der Waals surface area (Å²) in [7, 11) is 0. The molecule has 2 fully saturated rings. The Morgan fingerprint density at radius 2 is 1.17 bits per heavy atom. The van der Waals surface area contributed by atoms with Gasteiger partial charge in [-0.1, -0.05) is 78.1 Å². The maximum Gasteiger partial charge on any atom is 0.308 e.